The highest BCUT2D eigenvalue weighted by atomic mass is 35.5. The second-order valence-electron chi connectivity index (χ2n) is 6.33. The standard InChI is InChI=1S/C17H13ClFN3O4S/c18-12-2-4-16(21-7-12)27(23,24)22-8-15(17(9-22)10-25-17)26-13-3-1-11(6-20)14(19)5-13/h1-5,7,15H,8-10H2/t15-,17-/m0/s1. The van der Waals surface area contributed by atoms with Gasteiger partial charge in [-0.1, -0.05) is 11.6 Å². The molecule has 2 saturated heterocycles. The van der Waals surface area contributed by atoms with Gasteiger partial charge in [-0.05, 0) is 24.3 Å². The highest BCUT2D eigenvalue weighted by molar-refractivity contribution is 7.89. The van der Waals surface area contributed by atoms with Crippen LogP contribution in [0.4, 0.5) is 4.39 Å². The molecule has 10 heteroatoms. The number of nitrogens with zero attached hydrogens (tertiary/aromatic N) is 3. The van der Waals surface area contributed by atoms with Gasteiger partial charge in [0.1, 0.15) is 29.3 Å². The minimum Gasteiger partial charge on any atom is -0.486 e. The van der Waals surface area contributed by atoms with Crippen molar-refractivity contribution in [1.29, 1.82) is 5.26 Å². The van der Waals surface area contributed by atoms with Gasteiger partial charge in [-0.25, -0.2) is 17.8 Å². The first-order chi connectivity index (χ1) is 12.8. The molecule has 1 aromatic carbocycles. The molecule has 2 aliphatic heterocycles. The van der Waals surface area contributed by atoms with Gasteiger partial charge in [0, 0.05) is 18.8 Å². The Labute approximate surface area is 159 Å². The van der Waals surface area contributed by atoms with E-state index in [2.05, 4.69) is 4.98 Å². The molecule has 27 heavy (non-hydrogen) atoms. The van der Waals surface area contributed by atoms with Crippen molar-refractivity contribution in [2.75, 3.05) is 19.7 Å². The number of ether oxygens (including phenoxy) is 2. The van der Waals surface area contributed by atoms with Gasteiger partial charge < -0.3 is 9.47 Å². The fraction of sp³-hybridized carbons (Fsp3) is 0.294. The van der Waals surface area contributed by atoms with E-state index in [-0.39, 0.29) is 29.4 Å². The average molecular weight is 410 g/mol. The van der Waals surface area contributed by atoms with Gasteiger partial charge >= 0.3 is 0 Å². The summed E-state index contributed by atoms with van der Waals surface area (Å²) in [5, 5.41) is 9.01. The van der Waals surface area contributed by atoms with Crippen LogP contribution in [0.1, 0.15) is 5.56 Å². The van der Waals surface area contributed by atoms with Gasteiger partial charge in [-0.15, -0.1) is 0 Å². The molecule has 0 saturated carbocycles. The third-order valence-corrected chi connectivity index (χ3v) is 6.51. The number of rotatable bonds is 4. The predicted molar refractivity (Wildman–Crippen MR) is 92.2 cm³/mol. The molecule has 7 nitrogen and oxygen atoms in total. The van der Waals surface area contributed by atoms with Crippen LogP contribution in [0, 0.1) is 17.1 Å². The summed E-state index contributed by atoms with van der Waals surface area (Å²) in [6, 6.07) is 8.41. The molecular weight excluding hydrogens is 397 g/mol. The van der Waals surface area contributed by atoms with Crippen molar-refractivity contribution < 1.29 is 22.3 Å². The lowest BCUT2D eigenvalue weighted by molar-refractivity contribution is 0.135. The first-order valence-electron chi connectivity index (χ1n) is 7.96. The van der Waals surface area contributed by atoms with E-state index >= 15 is 0 Å². The van der Waals surface area contributed by atoms with Gasteiger partial charge in [-0.2, -0.15) is 9.57 Å². The average Bonchev–Trinajstić information content (AvgIpc) is 3.32. The van der Waals surface area contributed by atoms with Crippen LogP contribution in [0.2, 0.25) is 5.02 Å². The van der Waals surface area contributed by atoms with Crippen molar-refractivity contribution in [3.05, 3.63) is 52.9 Å². The van der Waals surface area contributed by atoms with Crippen molar-refractivity contribution in [2.45, 2.75) is 16.7 Å². The molecule has 1 spiro atoms. The zero-order valence-electron chi connectivity index (χ0n) is 13.8. The SMILES string of the molecule is N#Cc1ccc(O[C@H]2CN(S(=O)(=O)c3ccc(Cl)cn3)C[C@]23CO3)cc1F. The Hall–Kier alpha value is -2.25. The summed E-state index contributed by atoms with van der Waals surface area (Å²) in [4.78, 5) is 3.88. The van der Waals surface area contributed by atoms with Crippen LogP contribution in [0.25, 0.3) is 0 Å². The number of halogens is 2. The highest BCUT2D eigenvalue weighted by Gasteiger charge is 2.61. The molecule has 0 amide bonds. The summed E-state index contributed by atoms with van der Waals surface area (Å²) in [6.07, 6.45) is 0.661. The van der Waals surface area contributed by atoms with E-state index in [1.54, 1.807) is 6.07 Å². The van der Waals surface area contributed by atoms with E-state index in [0.29, 0.717) is 11.6 Å². The quantitative estimate of drug-likeness (QED) is 0.716. The van der Waals surface area contributed by atoms with E-state index in [4.69, 9.17) is 26.3 Å². The van der Waals surface area contributed by atoms with E-state index in [1.165, 1.54) is 34.8 Å². The minimum absolute atomic E-state index is 0.0360. The Bertz CT molecular complexity index is 1040. The molecule has 0 unspecified atom stereocenters. The summed E-state index contributed by atoms with van der Waals surface area (Å²) in [6.45, 7) is 0.494. The van der Waals surface area contributed by atoms with Crippen LogP contribution in [0.5, 0.6) is 5.75 Å². The van der Waals surface area contributed by atoms with Crippen molar-refractivity contribution in [3.63, 3.8) is 0 Å². The van der Waals surface area contributed by atoms with Crippen LogP contribution >= 0.6 is 11.6 Å². The predicted octanol–water partition coefficient (Wildman–Crippen LogP) is 1.97. The number of epoxide rings is 1. The lowest BCUT2D eigenvalue weighted by atomic mass is 10.1. The molecule has 0 radical (unpaired) electrons. The maximum atomic E-state index is 13.8. The second kappa shape index (κ2) is 6.42. The molecule has 2 fully saturated rings. The van der Waals surface area contributed by atoms with Crippen molar-refractivity contribution >= 4 is 21.6 Å². The third kappa shape index (κ3) is 3.26. The Morgan fingerprint density at radius 2 is 2.19 bits per heavy atom. The smallest absolute Gasteiger partial charge is 0.260 e. The van der Waals surface area contributed by atoms with Gasteiger partial charge in [-0.3, -0.25) is 0 Å². The normalized spacial score (nSPS) is 24.7. The molecule has 0 bridgehead atoms. The van der Waals surface area contributed by atoms with Crippen LogP contribution in [0.3, 0.4) is 0 Å². The molecule has 3 heterocycles. The van der Waals surface area contributed by atoms with E-state index < -0.39 is 27.5 Å². The van der Waals surface area contributed by atoms with Crippen molar-refractivity contribution in [3.8, 4) is 11.8 Å². The fourth-order valence-electron chi connectivity index (χ4n) is 2.99. The third-order valence-electron chi connectivity index (χ3n) is 4.56. The summed E-state index contributed by atoms with van der Waals surface area (Å²) in [5.41, 5.74) is -0.853. The number of aromatic nitrogens is 1. The first-order valence-corrected chi connectivity index (χ1v) is 9.78. The molecule has 140 valence electrons. The molecule has 0 N–H and O–H groups in total. The number of sulfonamides is 1. The fourth-order valence-corrected chi connectivity index (χ4v) is 4.51. The summed E-state index contributed by atoms with van der Waals surface area (Å²) >= 11 is 5.76. The van der Waals surface area contributed by atoms with Gasteiger partial charge in [0.25, 0.3) is 10.0 Å². The zero-order chi connectivity index (χ0) is 19.2. The lowest BCUT2D eigenvalue weighted by Gasteiger charge is -2.17. The first kappa shape index (κ1) is 18.1. The zero-order valence-corrected chi connectivity index (χ0v) is 15.4. The second-order valence-corrected chi connectivity index (χ2v) is 8.65. The van der Waals surface area contributed by atoms with E-state index in [9.17, 15) is 12.8 Å². The summed E-state index contributed by atoms with van der Waals surface area (Å²) < 4.78 is 51.9. The van der Waals surface area contributed by atoms with Crippen LogP contribution in [-0.4, -0.2) is 49.1 Å². The maximum Gasteiger partial charge on any atom is 0.260 e. The topological polar surface area (TPSA) is 95.8 Å². The van der Waals surface area contributed by atoms with E-state index in [1.807, 2.05) is 0 Å². The summed E-state index contributed by atoms with van der Waals surface area (Å²) in [7, 11) is -3.84. The Morgan fingerprint density at radius 3 is 2.78 bits per heavy atom. The molecule has 4 rings (SSSR count). The molecular formula is C17H13ClFN3O4S. The number of benzene rings is 1. The largest absolute Gasteiger partial charge is 0.486 e. The lowest BCUT2D eigenvalue weighted by Crippen LogP contribution is -2.33. The van der Waals surface area contributed by atoms with Crippen molar-refractivity contribution in [2.24, 2.45) is 0 Å². The highest BCUT2D eigenvalue weighted by Crippen LogP contribution is 2.41. The van der Waals surface area contributed by atoms with Gasteiger partial charge in [0.2, 0.25) is 0 Å². The van der Waals surface area contributed by atoms with Crippen LogP contribution in [0.15, 0.2) is 41.6 Å². The van der Waals surface area contributed by atoms with Crippen LogP contribution in [-0.2, 0) is 14.8 Å². The van der Waals surface area contributed by atoms with Crippen LogP contribution < -0.4 is 4.74 Å². The number of nitriles is 1. The maximum absolute atomic E-state index is 13.8. The molecule has 0 aliphatic carbocycles. The summed E-state index contributed by atoms with van der Waals surface area (Å²) in [5.74, 6) is -0.496. The number of pyridine rings is 1. The number of hydrogen-bond donors (Lipinski definition) is 0. The Morgan fingerprint density at radius 1 is 1.41 bits per heavy atom. The van der Waals surface area contributed by atoms with Crippen molar-refractivity contribution in [1.82, 2.24) is 9.29 Å². The molecule has 2 aromatic rings. The monoisotopic (exact) mass is 409 g/mol. The minimum atomic E-state index is -3.84. The van der Waals surface area contributed by atoms with Gasteiger partial charge in [0.15, 0.2) is 5.03 Å². The van der Waals surface area contributed by atoms with Gasteiger partial charge in [0.05, 0.1) is 23.7 Å². The molecule has 1 aromatic heterocycles. The number of hydrogen-bond acceptors (Lipinski definition) is 6. The Kier molecular flexibility index (Phi) is 4.31. The molecule has 2 atom stereocenters. The molecule has 2 aliphatic rings. The Balaban J connectivity index is 1.56. The van der Waals surface area contributed by atoms with E-state index in [0.717, 1.165) is 6.07 Å².